The Morgan fingerprint density at radius 1 is 1.13 bits per heavy atom. The van der Waals surface area contributed by atoms with Crippen LogP contribution in [0.5, 0.6) is 0 Å². The first-order valence-electron chi connectivity index (χ1n) is 5.86. The quantitative estimate of drug-likeness (QED) is 0.521. The van der Waals surface area contributed by atoms with Crippen LogP contribution >= 0.6 is 0 Å². The molecule has 4 heteroatoms. The second kappa shape index (κ2) is 8.53. The second-order valence-corrected chi connectivity index (χ2v) is 3.91. The third-order valence-electron chi connectivity index (χ3n) is 2.21. The molecule has 0 rings (SSSR count). The molecule has 0 radical (unpaired) electrons. The average Bonchev–Trinajstić information content (AvgIpc) is 2.20. The lowest BCUT2D eigenvalue weighted by Gasteiger charge is -2.28. The molecule has 0 aliphatic carbocycles. The van der Waals surface area contributed by atoms with Crippen LogP contribution in [0.2, 0.25) is 0 Å². The molecule has 0 atom stereocenters. The van der Waals surface area contributed by atoms with E-state index in [-0.39, 0.29) is 6.03 Å². The van der Waals surface area contributed by atoms with Crippen molar-refractivity contribution >= 4 is 6.03 Å². The van der Waals surface area contributed by atoms with Crippen molar-refractivity contribution in [3.05, 3.63) is 0 Å². The van der Waals surface area contributed by atoms with Gasteiger partial charge in [-0.2, -0.15) is 0 Å². The van der Waals surface area contributed by atoms with Gasteiger partial charge in [0.2, 0.25) is 0 Å². The van der Waals surface area contributed by atoms with Crippen LogP contribution in [0.4, 0.5) is 4.79 Å². The molecule has 4 nitrogen and oxygen atoms in total. The van der Waals surface area contributed by atoms with Gasteiger partial charge in [-0.15, -0.1) is 0 Å². The fraction of sp³-hybridized carbons (Fsp3) is 0.909. The molecule has 15 heavy (non-hydrogen) atoms. The maximum atomic E-state index is 11.7. The largest absolute Gasteiger partial charge is 0.337 e. The van der Waals surface area contributed by atoms with Gasteiger partial charge in [-0.1, -0.05) is 26.7 Å². The van der Waals surface area contributed by atoms with Gasteiger partial charge in [-0.25, -0.2) is 9.80 Å². The van der Waals surface area contributed by atoms with Crippen LogP contribution in [0.25, 0.3) is 0 Å². The number of amides is 2. The maximum absolute atomic E-state index is 11.7. The van der Waals surface area contributed by atoms with E-state index < -0.39 is 0 Å². The Hall–Kier alpha value is -0.770. The Balaban J connectivity index is 3.82. The zero-order chi connectivity index (χ0) is 11.7. The number of unbranched alkanes of at least 4 members (excludes halogenated alkanes) is 2. The van der Waals surface area contributed by atoms with Gasteiger partial charge in [0.1, 0.15) is 0 Å². The highest BCUT2D eigenvalue weighted by atomic mass is 16.2. The fourth-order valence-corrected chi connectivity index (χ4v) is 1.36. The molecule has 90 valence electrons. The van der Waals surface area contributed by atoms with Crippen LogP contribution in [-0.2, 0) is 0 Å². The summed E-state index contributed by atoms with van der Waals surface area (Å²) in [6, 6.07) is 0.0120. The molecule has 1 N–H and O–H groups in total. The van der Waals surface area contributed by atoms with E-state index in [1.54, 1.807) is 5.01 Å². The SMILES string of the molecule is CCCCCNC(=O)N(CCC)N(C)C. The predicted molar refractivity (Wildman–Crippen MR) is 63.6 cm³/mol. The van der Waals surface area contributed by atoms with Crippen molar-refractivity contribution in [2.75, 3.05) is 27.2 Å². The number of rotatable bonds is 7. The number of hydrogen-bond donors (Lipinski definition) is 1. The molecule has 0 saturated heterocycles. The minimum absolute atomic E-state index is 0.0120. The summed E-state index contributed by atoms with van der Waals surface area (Å²) < 4.78 is 0. The van der Waals surface area contributed by atoms with E-state index >= 15 is 0 Å². The van der Waals surface area contributed by atoms with Crippen molar-refractivity contribution in [2.24, 2.45) is 0 Å². The summed E-state index contributed by atoms with van der Waals surface area (Å²) in [7, 11) is 3.78. The molecule has 0 aromatic heterocycles. The molecule has 0 unspecified atom stereocenters. The second-order valence-electron chi connectivity index (χ2n) is 3.91. The monoisotopic (exact) mass is 215 g/mol. The van der Waals surface area contributed by atoms with Crippen molar-refractivity contribution in [3.63, 3.8) is 0 Å². The van der Waals surface area contributed by atoms with Crippen LogP contribution in [0.3, 0.4) is 0 Å². The van der Waals surface area contributed by atoms with E-state index in [9.17, 15) is 4.79 Å². The number of nitrogens with one attached hydrogen (secondary N) is 1. The molecular formula is C11H25N3O. The van der Waals surface area contributed by atoms with Gasteiger partial charge >= 0.3 is 6.03 Å². The average molecular weight is 215 g/mol. The van der Waals surface area contributed by atoms with E-state index in [0.29, 0.717) is 0 Å². The predicted octanol–water partition coefficient (Wildman–Crippen LogP) is 2.07. The van der Waals surface area contributed by atoms with Crippen LogP contribution in [0.15, 0.2) is 0 Å². The summed E-state index contributed by atoms with van der Waals surface area (Å²) in [6.45, 7) is 5.78. The number of hydrogen-bond acceptors (Lipinski definition) is 2. The number of nitrogens with zero attached hydrogens (tertiary/aromatic N) is 2. The third kappa shape index (κ3) is 6.33. The smallest absolute Gasteiger partial charge is 0.331 e. The molecule has 0 saturated carbocycles. The first-order valence-corrected chi connectivity index (χ1v) is 5.86. The Morgan fingerprint density at radius 3 is 2.27 bits per heavy atom. The van der Waals surface area contributed by atoms with Crippen molar-refractivity contribution in [1.82, 2.24) is 15.3 Å². The maximum Gasteiger partial charge on any atom is 0.331 e. The van der Waals surface area contributed by atoms with Crippen molar-refractivity contribution in [1.29, 1.82) is 0 Å². The van der Waals surface area contributed by atoms with Gasteiger partial charge in [0, 0.05) is 27.2 Å². The molecule has 0 aliphatic heterocycles. The van der Waals surface area contributed by atoms with Crippen LogP contribution in [-0.4, -0.2) is 43.2 Å². The molecule has 0 spiro atoms. The highest BCUT2D eigenvalue weighted by molar-refractivity contribution is 5.73. The van der Waals surface area contributed by atoms with Gasteiger partial charge < -0.3 is 5.32 Å². The lowest BCUT2D eigenvalue weighted by Crippen LogP contribution is -2.48. The van der Waals surface area contributed by atoms with Crippen molar-refractivity contribution < 1.29 is 4.79 Å². The number of carbonyl (C=O) groups is 1. The Bertz CT molecular complexity index is 171. The topological polar surface area (TPSA) is 35.6 Å². The summed E-state index contributed by atoms with van der Waals surface area (Å²) in [5.41, 5.74) is 0. The third-order valence-corrected chi connectivity index (χ3v) is 2.21. The minimum Gasteiger partial charge on any atom is -0.337 e. The van der Waals surface area contributed by atoms with Crippen LogP contribution in [0, 0.1) is 0 Å². The van der Waals surface area contributed by atoms with E-state index in [2.05, 4.69) is 19.2 Å². The summed E-state index contributed by atoms with van der Waals surface area (Å²) in [4.78, 5) is 11.7. The standard InChI is InChI=1S/C11H25N3O/c1-5-7-8-9-12-11(15)14(10-6-2)13(3)4/h5-10H2,1-4H3,(H,12,15). The fourth-order valence-electron chi connectivity index (χ4n) is 1.36. The van der Waals surface area contributed by atoms with Crippen molar-refractivity contribution in [3.8, 4) is 0 Å². The normalized spacial score (nSPS) is 10.5. The molecule has 0 aromatic carbocycles. The summed E-state index contributed by atoms with van der Waals surface area (Å²) in [5.74, 6) is 0. The van der Waals surface area contributed by atoms with Crippen LogP contribution < -0.4 is 5.32 Å². The molecule has 0 heterocycles. The molecule has 0 aliphatic rings. The first kappa shape index (κ1) is 14.2. The van der Waals surface area contributed by atoms with Gasteiger partial charge in [0.05, 0.1) is 0 Å². The van der Waals surface area contributed by atoms with E-state index in [4.69, 9.17) is 0 Å². The lowest BCUT2D eigenvalue weighted by atomic mass is 10.2. The molecule has 0 aromatic rings. The molecular weight excluding hydrogens is 190 g/mol. The van der Waals surface area contributed by atoms with E-state index in [1.165, 1.54) is 12.8 Å². The highest BCUT2D eigenvalue weighted by Gasteiger charge is 2.13. The van der Waals surface area contributed by atoms with E-state index in [0.717, 1.165) is 25.9 Å². The zero-order valence-corrected chi connectivity index (χ0v) is 10.5. The van der Waals surface area contributed by atoms with Crippen LogP contribution in [0.1, 0.15) is 39.5 Å². The molecule has 2 amide bonds. The first-order chi connectivity index (χ1) is 7.13. The number of carbonyl (C=O) groups excluding carboxylic acids is 1. The summed E-state index contributed by atoms with van der Waals surface area (Å²) in [5, 5.41) is 6.49. The number of hydrazine groups is 1. The van der Waals surface area contributed by atoms with Gasteiger partial charge in [0.25, 0.3) is 0 Å². The van der Waals surface area contributed by atoms with E-state index in [1.807, 2.05) is 19.1 Å². The van der Waals surface area contributed by atoms with Gasteiger partial charge in [0.15, 0.2) is 0 Å². The molecule has 0 bridgehead atoms. The lowest BCUT2D eigenvalue weighted by molar-refractivity contribution is 0.0628. The summed E-state index contributed by atoms with van der Waals surface area (Å²) >= 11 is 0. The molecule has 0 fully saturated rings. The van der Waals surface area contributed by atoms with Gasteiger partial charge in [-0.05, 0) is 12.8 Å². The Labute approximate surface area is 93.6 Å². The zero-order valence-electron chi connectivity index (χ0n) is 10.5. The van der Waals surface area contributed by atoms with Gasteiger partial charge in [-0.3, -0.25) is 5.01 Å². The Morgan fingerprint density at radius 2 is 1.80 bits per heavy atom. The highest BCUT2D eigenvalue weighted by Crippen LogP contribution is 1.96. The minimum atomic E-state index is 0.0120. The Kier molecular flexibility index (Phi) is 8.09. The van der Waals surface area contributed by atoms with Crippen molar-refractivity contribution in [2.45, 2.75) is 39.5 Å². The number of urea groups is 1. The summed E-state index contributed by atoms with van der Waals surface area (Å²) in [6.07, 6.45) is 4.40.